The van der Waals surface area contributed by atoms with Crippen molar-refractivity contribution in [3.8, 4) is 0 Å². The summed E-state index contributed by atoms with van der Waals surface area (Å²) in [4.78, 5) is 0. The molecule has 0 aromatic heterocycles. The van der Waals surface area contributed by atoms with Crippen LogP contribution in [0.5, 0.6) is 0 Å². The van der Waals surface area contributed by atoms with Crippen LogP contribution in [-0.4, -0.2) is 18.8 Å². The summed E-state index contributed by atoms with van der Waals surface area (Å²) in [6.45, 7) is 0. The van der Waals surface area contributed by atoms with Gasteiger partial charge in [0.1, 0.15) is 0 Å². The van der Waals surface area contributed by atoms with Crippen LogP contribution in [0.4, 0.5) is 0 Å². The third-order valence-corrected chi connectivity index (χ3v) is 18.6. The van der Waals surface area contributed by atoms with Gasteiger partial charge in [-0.1, -0.05) is 0 Å². The van der Waals surface area contributed by atoms with Gasteiger partial charge in [0, 0.05) is 0 Å². The van der Waals surface area contributed by atoms with E-state index in [0.29, 0.717) is 0 Å². The van der Waals surface area contributed by atoms with Crippen LogP contribution < -0.4 is 7.16 Å². The molecule has 2 heteroatoms. The fourth-order valence-electron chi connectivity index (χ4n) is 4.96. The molecule has 1 nitrogen and oxygen atoms in total. The number of benzene rings is 4. The second-order valence-corrected chi connectivity index (χ2v) is 18.1. The van der Waals surface area contributed by atoms with E-state index in [1.165, 1.54) is 29.1 Å². The van der Waals surface area contributed by atoms with E-state index >= 15 is 0 Å². The van der Waals surface area contributed by atoms with Crippen molar-refractivity contribution in [3.05, 3.63) is 132 Å². The summed E-state index contributed by atoms with van der Waals surface area (Å²) in [6, 6.07) is 43.8. The number of hydrogen-bond acceptors (Lipinski definition) is 1. The summed E-state index contributed by atoms with van der Waals surface area (Å²) in [5, 5.41) is 0. The minimum absolute atomic E-state index is 0.400. The van der Waals surface area contributed by atoms with Crippen LogP contribution in [-0.2, 0) is 8.68 Å². The SMILES string of the molecule is c1ccc(C2(c3ccccc3)CC[CH2][Sn]([c]3ccccc3)([c]3ccccc3)[O]2)cc1. The van der Waals surface area contributed by atoms with Crippen LogP contribution in [0.1, 0.15) is 24.0 Å². The zero-order chi connectivity index (χ0) is 20.3. The van der Waals surface area contributed by atoms with Crippen molar-refractivity contribution in [1.29, 1.82) is 0 Å². The van der Waals surface area contributed by atoms with E-state index < -0.39 is 24.4 Å². The standard InChI is InChI=1S/C16H16O.2C6H5.Sn/c1-2-13-16(17,14-9-5-3-6-10-14)15-11-7-4-8-12-15;2*1-2-4-6-5-3-1;/h3-12H,1-2,13H2;2*1-5H;/q-1;;;+1. The van der Waals surface area contributed by atoms with E-state index in [4.69, 9.17) is 3.07 Å². The molecule has 1 aliphatic rings. The monoisotopic (exact) mass is 498 g/mol. The van der Waals surface area contributed by atoms with E-state index in [2.05, 4.69) is 121 Å². The maximum absolute atomic E-state index is 7.62. The second-order valence-electron chi connectivity index (χ2n) is 8.07. The van der Waals surface area contributed by atoms with Gasteiger partial charge in [0.2, 0.25) is 0 Å². The van der Waals surface area contributed by atoms with Gasteiger partial charge in [-0.3, -0.25) is 0 Å². The fourth-order valence-corrected chi connectivity index (χ4v) is 17.3. The zero-order valence-corrected chi connectivity index (χ0v) is 19.9. The van der Waals surface area contributed by atoms with Gasteiger partial charge in [-0.05, 0) is 0 Å². The first-order valence-electron chi connectivity index (χ1n) is 10.8. The molecule has 4 aromatic rings. The zero-order valence-electron chi connectivity index (χ0n) is 17.1. The van der Waals surface area contributed by atoms with E-state index in [0.717, 1.165) is 6.42 Å². The molecular weight excluding hydrogens is 471 g/mol. The molecule has 5 rings (SSSR count). The molecule has 0 unspecified atom stereocenters. The van der Waals surface area contributed by atoms with Crippen LogP contribution in [0.2, 0.25) is 4.44 Å². The van der Waals surface area contributed by atoms with Crippen LogP contribution >= 0.6 is 0 Å². The Morgan fingerprint density at radius 2 is 0.933 bits per heavy atom. The molecule has 4 aromatic carbocycles. The average Bonchev–Trinajstić information content (AvgIpc) is 2.86. The van der Waals surface area contributed by atoms with Gasteiger partial charge in [-0.2, -0.15) is 0 Å². The van der Waals surface area contributed by atoms with Crippen molar-refractivity contribution in [2.75, 3.05) is 0 Å². The molecule has 0 atom stereocenters. The summed E-state index contributed by atoms with van der Waals surface area (Å²) in [6.07, 6.45) is 2.18. The van der Waals surface area contributed by atoms with E-state index in [-0.39, 0.29) is 0 Å². The summed E-state index contributed by atoms with van der Waals surface area (Å²) in [5.74, 6) is 0. The van der Waals surface area contributed by atoms with Gasteiger partial charge in [-0.25, -0.2) is 0 Å². The van der Waals surface area contributed by atoms with Gasteiger partial charge in [0.25, 0.3) is 0 Å². The van der Waals surface area contributed by atoms with Gasteiger partial charge in [0.05, 0.1) is 0 Å². The quantitative estimate of drug-likeness (QED) is 0.339. The summed E-state index contributed by atoms with van der Waals surface area (Å²) in [7, 11) is 0. The number of hydrogen-bond donors (Lipinski definition) is 0. The van der Waals surface area contributed by atoms with Crippen molar-refractivity contribution >= 4 is 25.9 Å². The van der Waals surface area contributed by atoms with Crippen LogP contribution in [0, 0.1) is 0 Å². The molecule has 1 saturated heterocycles. The summed E-state index contributed by atoms with van der Waals surface area (Å²) >= 11 is -3.43. The van der Waals surface area contributed by atoms with Crippen molar-refractivity contribution in [2.24, 2.45) is 0 Å². The Balaban J connectivity index is 1.74. The van der Waals surface area contributed by atoms with E-state index in [1.54, 1.807) is 0 Å². The van der Waals surface area contributed by atoms with Crippen molar-refractivity contribution in [3.63, 3.8) is 0 Å². The molecule has 148 valence electrons. The first-order valence-corrected chi connectivity index (χ1v) is 16.8. The Morgan fingerprint density at radius 3 is 1.37 bits per heavy atom. The van der Waals surface area contributed by atoms with Crippen molar-refractivity contribution in [2.45, 2.75) is 22.9 Å². The summed E-state index contributed by atoms with van der Waals surface area (Å²) in [5.41, 5.74) is 2.13. The average molecular weight is 497 g/mol. The van der Waals surface area contributed by atoms with E-state index in [9.17, 15) is 0 Å². The van der Waals surface area contributed by atoms with Gasteiger partial charge < -0.3 is 0 Å². The Bertz CT molecular complexity index is 911. The van der Waals surface area contributed by atoms with Gasteiger partial charge in [-0.15, -0.1) is 0 Å². The maximum atomic E-state index is 7.62. The Kier molecular flexibility index (Phi) is 5.49. The van der Waals surface area contributed by atoms with E-state index in [1.807, 2.05) is 0 Å². The molecule has 30 heavy (non-hydrogen) atoms. The fraction of sp³-hybridized carbons (Fsp3) is 0.143. The second kappa shape index (κ2) is 8.41. The molecule has 1 aliphatic heterocycles. The molecule has 0 bridgehead atoms. The molecule has 0 aliphatic carbocycles. The van der Waals surface area contributed by atoms with Crippen LogP contribution in [0.15, 0.2) is 121 Å². The van der Waals surface area contributed by atoms with Crippen LogP contribution in [0.25, 0.3) is 0 Å². The predicted octanol–water partition coefficient (Wildman–Crippen LogP) is 5.50. The predicted molar refractivity (Wildman–Crippen MR) is 127 cm³/mol. The Hall–Kier alpha value is -2.36. The normalized spacial score (nSPS) is 17.3. The molecular formula is C28H26OSn. The number of rotatable bonds is 4. The molecule has 0 radical (unpaired) electrons. The first-order chi connectivity index (χ1) is 14.8. The molecule has 0 amide bonds. The topological polar surface area (TPSA) is 9.23 Å². The third-order valence-electron chi connectivity index (χ3n) is 6.37. The van der Waals surface area contributed by atoms with Gasteiger partial charge >= 0.3 is 184 Å². The Morgan fingerprint density at radius 1 is 0.533 bits per heavy atom. The minimum atomic E-state index is -3.43. The molecule has 1 heterocycles. The summed E-state index contributed by atoms with van der Waals surface area (Å²) < 4.78 is 11.6. The van der Waals surface area contributed by atoms with Gasteiger partial charge in [0.15, 0.2) is 0 Å². The van der Waals surface area contributed by atoms with Crippen molar-refractivity contribution in [1.82, 2.24) is 0 Å². The molecule has 1 fully saturated rings. The molecule has 0 N–H and O–H groups in total. The van der Waals surface area contributed by atoms with Crippen molar-refractivity contribution < 1.29 is 3.07 Å². The molecule has 0 spiro atoms. The van der Waals surface area contributed by atoms with Crippen LogP contribution in [0.3, 0.4) is 0 Å². The molecule has 0 saturated carbocycles. The Labute approximate surface area is 183 Å². The third kappa shape index (κ3) is 3.40. The first kappa shape index (κ1) is 19.6.